The van der Waals surface area contributed by atoms with Gasteiger partial charge in [0, 0.05) is 31.7 Å². The average molecular weight is 313 g/mol. The lowest BCUT2D eigenvalue weighted by Gasteiger charge is -2.28. The number of rotatable bonds is 8. The third-order valence-corrected chi connectivity index (χ3v) is 5.26. The summed E-state index contributed by atoms with van der Waals surface area (Å²) in [4.78, 5) is 8.62. The summed E-state index contributed by atoms with van der Waals surface area (Å²) in [6.07, 6.45) is 3.52. The molecular formula is C15H27N3O2S. The molecule has 21 heavy (non-hydrogen) atoms. The number of anilines is 1. The highest BCUT2D eigenvalue weighted by Gasteiger charge is 2.26. The van der Waals surface area contributed by atoms with Gasteiger partial charge in [-0.2, -0.15) is 0 Å². The maximum Gasteiger partial charge on any atom is 0.186 e. The third kappa shape index (κ3) is 3.94. The van der Waals surface area contributed by atoms with Gasteiger partial charge in [0.25, 0.3) is 0 Å². The Hall–Kier alpha value is -0.690. The minimum atomic E-state index is 0.297. The van der Waals surface area contributed by atoms with E-state index in [2.05, 4.69) is 17.1 Å². The molecule has 1 aliphatic carbocycles. The first kappa shape index (κ1) is 16.7. The monoisotopic (exact) mass is 313 g/mol. The van der Waals surface area contributed by atoms with E-state index in [0.717, 1.165) is 18.1 Å². The summed E-state index contributed by atoms with van der Waals surface area (Å²) in [5.41, 5.74) is 1.27. The Balaban J connectivity index is 2.21. The van der Waals surface area contributed by atoms with E-state index in [9.17, 15) is 0 Å². The number of hydrogen-bond acceptors (Lipinski definition) is 6. The lowest BCUT2D eigenvalue weighted by Crippen LogP contribution is -2.38. The molecule has 2 atom stereocenters. The van der Waals surface area contributed by atoms with Crippen molar-refractivity contribution < 1.29 is 9.47 Å². The molecule has 0 aromatic carbocycles. The molecule has 1 N–H and O–H groups in total. The second-order valence-corrected chi connectivity index (χ2v) is 6.54. The number of thiazole rings is 1. The third-order valence-electron chi connectivity index (χ3n) is 4.01. The summed E-state index contributed by atoms with van der Waals surface area (Å²) >= 11 is 1.82. The van der Waals surface area contributed by atoms with Crippen LogP contribution in [0.4, 0.5) is 5.13 Å². The number of aromatic nitrogens is 1. The lowest BCUT2D eigenvalue weighted by molar-refractivity contribution is 0.171. The fourth-order valence-electron chi connectivity index (χ4n) is 2.83. The fraction of sp³-hybridized carbons (Fsp3) is 0.800. The van der Waals surface area contributed by atoms with Crippen molar-refractivity contribution >= 4 is 16.5 Å². The van der Waals surface area contributed by atoms with Gasteiger partial charge in [0.05, 0.1) is 24.9 Å². The van der Waals surface area contributed by atoms with E-state index in [1.165, 1.54) is 23.4 Å². The molecule has 0 radical (unpaired) electrons. The van der Waals surface area contributed by atoms with E-state index < -0.39 is 0 Å². The van der Waals surface area contributed by atoms with Crippen LogP contribution in [0.2, 0.25) is 0 Å². The van der Waals surface area contributed by atoms with Crippen molar-refractivity contribution in [1.29, 1.82) is 0 Å². The van der Waals surface area contributed by atoms with Gasteiger partial charge in [-0.25, -0.2) is 4.98 Å². The van der Waals surface area contributed by atoms with E-state index in [-0.39, 0.29) is 0 Å². The zero-order valence-corrected chi connectivity index (χ0v) is 14.3. The van der Waals surface area contributed by atoms with Gasteiger partial charge in [0.1, 0.15) is 0 Å². The zero-order chi connectivity index (χ0) is 15.2. The smallest absolute Gasteiger partial charge is 0.186 e. The molecule has 1 heterocycles. The Labute approximate surface area is 131 Å². The quantitative estimate of drug-likeness (QED) is 0.797. The molecule has 0 saturated heterocycles. The van der Waals surface area contributed by atoms with Crippen LogP contribution in [0.25, 0.3) is 0 Å². The predicted octanol–water partition coefficient (Wildman–Crippen LogP) is 2.23. The summed E-state index contributed by atoms with van der Waals surface area (Å²) in [6, 6.07) is 0.757. The first-order chi connectivity index (χ1) is 10.2. The van der Waals surface area contributed by atoms with Crippen molar-refractivity contribution in [3.8, 4) is 0 Å². The van der Waals surface area contributed by atoms with E-state index in [0.29, 0.717) is 25.3 Å². The number of hydrogen-bond donors (Lipinski definition) is 1. The van der Waals surface area contributed by atoms with Gasteiger partial charge < -0.3 is 19.7 Å². The minimum Gasteiger partial charge on any atom is -0.383 e. The molecule has 0 spiro atoms. The van der Waals surface area contributed by atoms with Gasteiger partial charge in [0.2, 0.25) is 0 Å². The van der Waals surface area contributed by atoms with E-state index in [1.54, 1.807) is 14.2 Å². The molecule has 0 aliphatic heterocycles. The van der Waals surface area contributed by atoms with Crippen molar-refractivity contribution in [2.24, 2.45) is 0 Å². The summed E-state index contributed by atoms with van der Waals surface area (Å²) in [5, 5.41) is 4.51. The molecule has 120 valence electrons. The molecular weight excluding hydrogens is 286 g/mol. The zero-order valence-electron chi connectivity index (χ0n) is 13.5. The Bertz CT molecular complexity index is 439. The Kier molecular flexibility index (Phi) is 6.41. The van der Waals surface area contributed by atoms with Crippen LogP contribution >= 0.6 is 11.3 Å². The molecule has 0 bridgehead atoms. The van der Waals surface area contributed by atoms with E-state index >= 15 is 0 Å². The number of ether oxygens (including phenoxy) is 2. The summed E-state index contributed by atoms with van der Waals surface area (Å²) in [6.45, 7) is 4.42. The van der Waals surface area contributed by atoms with Crippen LogP contribution in [0.1, 0.15) is 36.4 Å². The summed E-state index contributed by atoms with van der Waals surface area (Å²) < 4.78 is 10.6. The molecule has 6 heteroatoms. The number of fused-ring (bicyclic) bond motifs is 1. The highest BCUT2D eigenvalue weighted by Crippen LogP contribution is 2.37. The molecule has 1 aliphatic rings. The number of methoxy groups -OCH3 is 2. The van der Waals surface area contributed by atoms with Gasteiger partial charge >= 0.3 is 0 Å². The minimum absolute atomic E-state index is 0.297. The van der Waals surface area contributed by atoms with Crippen molar-refractivity contribution in [2.75, 3.05) is 45.9 Å². The maximum atomic E-state index is 5.31. The number of nitrogens with zero attached hydrogens (tertiary/aromatic N) is 2. The van der Waals surface area contributed by atoms with Gasteiger partial charge in [-0.3, -0.25) is 0 Å². The van der Waals surface area contributed by atoms with Crippen LogP contribution in [0.3, 0.4) is 0 Å². The summed E-state index contributed by atoms with van der Waals surface area (Å²) in [5.74, 6) is 0. The van der Waals surface area contributed by atoms with Crippen molar-refractivity contribution in [3.63, 3.8) is 0 Å². The maximum absolute atomic E-state index is 5.31. The van der Waals surface area contributed by atoms with E-state index in [4.69, 9.17) is 14.5 Å². The van der Waals surface area contributed by atoms with Crippen LogP contribution in [0, 0.1) is 0 Å². The molecule has 0 fully saturated rings. The molecule has 0 amide bonds. The SMILES string of the molecule is CNC1CCCc2nc(N(CCOC)C(C)COC)sc21. The normalized spacial score (nSPS) is 19.3. The predicted molar refractivity (Wildman–Crippen MR) is 87.4 cm³/mol. The van der Waals surface area contributed by atoms with Crippen LogP contribution in [0.5, 0.6) is 0 Å². The summed E-state index contributed by atoms with van der Waals surface area (Å²) in [7, 11) is 5.52. The van der Waals surface area contributed by atoms with Crippen molar-refractivity contribution in [3.05, 3.63) is 10.6 Å². The van der Waals surface area contributed by atoms with Gasteiger partial charge in [0.15, 0.2) is 5.13 Å². The van der Waals surface area contributed by atoms with Crippen LogP contribution in [-0.4, -0.2) is 52.1 Å². The lowest BCUT2D eigenvalue weighted by atomic mass is 9.98. The fourth-order valence-corrected chi connectivity index (χ4v) is 4.21. The van der Waals surface area contributed by atoms with E-state index in [1.807, 2.05) is 18.4 Å². The van der Waals surface area contributed by atoms with Crippen molar-refractivity contribution in [2.45, 2.75) is 38.3 Å². The first-order valence-electron chi connectivity index (χ1n) is 7.62. The topological polar surface area (TPSA) is 46.6 Å². The Morgan fingerprint density at radius 1 is 1.43 bits per heavy atom. The number of nitrogens with one attached hydrogen (secondary N) is 1. The largest absolute Gasteiger partial charge is 0.383 e. The molecule has 1 aromatic heterocycles. The molecule has 2 rings (SSSR count). The Morgan fingerprint density at radius 3 is 2.90 bits per heavy atom. The van der Waals surface area contributed by atoms with Gasteiger partial charge in [-0.1, -0.05) is 11.3 Å². The van der Waals surface area contributed by atoms with Crippen LogP contribution in [-0.2, 0) is 15.9 Å². The molecule has 0 saturated carbocycles. The Morgan fingerprint density at radius 2 is 2.24 bits per heavy atom. The first-order valence-corrected chi connectivity index (χ1v) is 8.44. The van der Waals surface area contributed by atoms with Gasteiger partial charge in [-0.05, 0) is 33.2 Å². The van der Waals surface area contributed by atoms with Crippen molar-refractivity contribution in [1.82, 2.24) is 10.3 Å². The second-order valence-electron chi connectivity index (χ2n) is 5.53. The average Bonchev–Trinajstić information content (AvgIpc) is 2.91. The highest BCUT2D eigenvalue weighted by molar-refractivity contribution is 7.15. The van der Waals surface area contributed by atoms with Crippen LogP contribution < -0.4 is 10.2 Å². The second kappa shape index (κ2) is 8.08. The standard InChI is InChI=1S/C15H27N3O2S/c1-11(10-20-4)18(8-9-19-3)15-17-13-7-5-6-12(16-2)14(13)21-15/h11-12,16H,5-10H2,1-4H3. The molecule has 2 unspecified atom stereocenters. The number of aryl methyl sites for hydroxylation is 1. The van der Waals surface area contributed by atoms with Gasteiger partial charge in [-0.15, -0.1) is 0 Å². The molecule has 5 nitrogen and oxygen atoms in total. The van der Waals surface area contributed by atoms with Crippen LogP contribution in [0.15, 0.2) is 0 Å². The highest BCUT2D eigenvalue weighted by atomic mass is 32.1. The molecule has 1 aromatic rings.